The smallest absolute Gasteiger partial charge is 0.325 e. The summed E-state index contributed by atoms with van der Waals surface area (Å²) in [6.45, 7) is 2.47. The summed E-state index contributed by atoms with van der Waals surface area (Å²) in [5.74, 6) is 2.08. The highest BCUT2D eigenvalue weighted by molar-refractivity contribution is 5.80. The summed E-state index contributed by atoms with van der Waals surface area (Å²) in [5.41, 5.74) is 0. The van der Waals surface area contributed by atoms with Crippen LogP contribution >= 0.6 is 0 Å². The Balaban J connectivity index is 3.38. The van der Waals surface area contributed by atoms with Crippen LogP contribution in [-0.4, -0.2) is 31.7 Å². The number of esters is 1. The Labute approximate surface area is 95.9 Å². The van der Waals surface area contributed by atoms with Gasteiger partial charge < -0.3 is 15.4 Å². The topological polar surface area (TPSA) is 67.4 Å². The molecule has 2 amide bonds. The van der Waals surface area contributed by atoms with Crippen LogP contribution < -0.4 is 10.6 Å². The average Bonchev–Trinajstić information content (AvgIpc) is 2.26. The van der Waals surface area contributed by atoms with Crippen molar-refractivity contribution in [3.63, 3.8) is 0 Å². The summed E-state index contributed by atoms with van der Waals surface area (Å²) in [5, 5.41) is 5.01. The number of unbranched alkanes of at least 4 members (excludes halogenated alkanes) is 2. The van der Waals surface area contributed by atoms with E-state index in [2.05, 4.69) is 21.3 Å². The molecule has 0 aliphatic carbocycles. The van der Waals surface area contributed by atoms with E-state index in [4.69, 9.17) is 6.42 Å². The molecule has 0 aromatic rings. The quantitative estimate of drug-likeness (QED) is 0.380. The number of urea groups is 1. The first-order chi connectivity index (χ1) is 7.70. The van der Waals surface area contributed by atoms with Crippen LogP contribution in [0.15, 0.2) is 0 Å². The molecule has 2 N–H and O–H groups in total. The number of hydrogen-bond acceptors (Lipinski definition) is 3. The highest BCUT2D eigenvalue weighted by atomic mass is 16.5. The van der Waals surface area contributed by atoms with Gasteiger partial charge in [0.2, 0.25) is 0 Å². The highest BCUT2D eigenvalue weighted by Gasteiger charge is 2.04. The maximum atomic E-state index is 11.1. The summed E-state index contributed by atoms with van der Waals surface area (Å²) in [6, 6.07) is -0.367. The predicted octanol–water partition coefficient (Wildman–Crippen LogP) is 0.652. The first-order valence-electron chi connectivity index (χ1n) is 5.31. The van der Waals surface area contributed by atoms with E-state index in [9.17, 15) is 9.59 Å². The van der Waals surface area contributed by atoms with Crippen LogP contribution in [0.2, 0.25) is 0 Å². The zero-order valence-electron chi connectivity index (χ0n) is 9.54. The molecule has 0 spiro atoms. The van der Waals surface area contributed by atoms with Crippen LogP contribution in [0.5, 0.6) is 0 Å². The van der Waals surface area contributed by atoms with E-state index in [1.807, 2.05) is 0 Å². The van der Waals surface area contributed by atoms with Gasteiger partial charge in [-0.25, -0.2) is 4.79 Å². The molecule has 0 unspecified atom stereocenters. The molecule has 0 aliphatic heterocycles. The van der Waals surface area contributed by atoms with E-state index < -0.39 is 5.97 Å². The molecule has 0 heterocycles. The predicted molar refractivity (Wildman–Crippen MR) is 60.7 cm³/mol. The molecule has 90 valence electrons. The normalized spacial score (nSPS) is 9.00. The minimum atomic E-state index is -0.440. The summed E-state index contributed by atoms with van der Waals surface area (Å²) in [4.78, 5) is 22.0. The Morgan fingerprint density at radius 3 is 2.69 bits per heavy atom. The largest absolute Gasteiger partial charge is 0.465 e. The van der Waals surface area contributed by atoms with Crippen molar-refractivity contribution in [2.45, 2.75) is 26.2 Å². The molecule has 0 saturated heterocycles. The van der Waals surface area contributed by atoms with Gasteiger partial charge in [0, 0.05) is 13.0 Å². The number of carbonyl (C=O) groups excluding carboxylic acids is 2. The Morgan fingerprint density at radius 2 is 2.06 bits per heavy atom. The molecule has 0 radical (unpaired) electrons. The van der Waals surface area contributed by atoms with E-state index in [1.165, 1.54) is 0 Å². The Kier molecular flexibility index (Phi) is 8.79. The van der Waals surface area contributed by atoms with E-state index in [-0.39, 0.29) is 12.6 Å². The molecule has 0 aromatic carbocycles. The van der Waals surface area contributed by atoms with E-state index in [0.717, 1.165) is 12.8 Å². The number of amides is 2. The van der Waals surface area contributed by atoms with Gasteiger partial charge in [-0.15, -0.1) is 12.3 Å². The standard InChI is InChI=1S/C11H18N2O3/c1-3-5-6-7-8-12-11(15)13-9-10(14)16-4-2/h1H,4-9H2,2H3,(H2,12,13,15). The number of ether oxygens (including phenoxy) is 1. The van der Waals surface area contributed by atoms with E-state index in [0.29, 0.717) is 19.6 Å². The minimum Gasteiger partial charge on any atom is -0.465 e. The molecule has 0 bridgehead atoms. The summed E-state index contributed by atoms with van der Waals surface area (Å²) >= 11 is 0. The Morgan fingerprint density at radius 1 is 1.31 bits per heavy atom. The fraction of sp³-hybridized carbons (Fsp3) is 0.636. The van der Waals surface area contributed by atoms with E-state index >= 15 is 0 Å². The maximum absolute atomic E-state index is 11.1. The zero-order valence-corrected chi connectivity index (χ0v) is 9.54. The zero-order chi connectivity index (χ0) is 12.2. The van der Waals surface area contributed by atoms with Crippen LogP contribution in [0.25, 0.3) is 0 Å². The van der Waals surface area contributed by atoms with Crippen molar-refractivity contribution in [3.8, 4) is 12.3 Å². The number of nitrogens with one attached hydrogen (secondary N) is 2. The van der Waals surface area contributed by atoms with Crippen molar-refractivity contribution >= 4 is 12.0 Å². The van der Waals surface area contributed by atoms with Crippen LogP contribution in [0, 0.1) is 12.3 Å². The molecule has 0 atom stereocenters. The van der Waals surface area contributed by atoms with Gasteiger partial charge in [0.15, 0.2) is 0 Å². The van der Waals surface area contributed by atoms with Gasteiger partial charge in [-0.1, -0.05) is 0 Å². The summed E-state index contributed by atoms with van der Waals surface area (Å²) < 4.78 is 4.65. The van der Waals surface area contributed by atoms with Gasteiger partial charge in [0.25, 0.3) is 0 Å². The monoisotopic (exact) mass is 226 g/mol. The number of hydrogen-bond donors (Lipinski definition) is 2. The summed E-state index contributed by atoms with van der Waals surface area (Å²) in [6.07, 6.45) is 7.51. The van der Waals surface area contributed by atoms with Gasteiger partial charge in [-0.2, -0.15) is 0 Å². The van der Waals surface area contributed by atoms with Crippen LogP contribution in [-0.2, 0) is 9.53 Å². The molecule has 16 heavy (non-hydrogen) atoms. The highest BCUT2D eigenvalue weighted by Crippen LogP contribution is 1.90. The first kappa shape index (κ1) is 14.3. The molecular weight excluding hydrogens is 208 g/mol. The van der Waals surface area contributed by atoms with E-state index in [1.54, 1.807) is 6.92 Å². The van der Waals surface area contributed by atoms with Crippen molar-refractivity contribution in [1.29, 1.82) is 0 Å². The lowest BCUT2D eigenvalue weighted by atomic mass is 10.2. The lowest BCUT2D eigenvalue weighted by Crippen LogP contribution is -2.39. The Bertz CT molecular complexity index is 258. The molecular formula is C11H18N2O3. The molecule has 5 heteroatoms. The second-order valence-corrected chi connectivity index (χ2v) is 3.08. The Hall–Kier alpha value is -1.70. The lowest BCUT2D eigenvalue weighted by molar-refractivity contribution is -0.141. The first-order valence-corrected chi connectivity index (χ1v) is 5.31. The minimum absolute atomic E-state index is 0.107. The number of rotatable bonds is 7. The second kappa shape index (κ2) is 9.84. The third-order valence-corrected chi connectivity index (χ3v) is 1.73. The van der Waals surface area contributed by atoms with Crippen molar-refractivity contribution < 1.29 is 14.3 Å². The van der Waals surface area contributed by atoms with Crippen molar-refractivity contribution in [3.05, 3.63) is 0 Å². The second-order valence-electron chi connectivity index (χ2n) is 3.08. The fourth-order valence-electron chi connectivity index (χ4n) is 0.981. The van der Waals surface area contributed by atoms with Crippen molar-refractivity contribution in [2.75, 3.05) is 19.7 Å². The number of carbonyl (C=O) groups is 2. The number of terminal acetylenes is 1. The van der Waals surface area contributed by atoms with Crippen molar-refractivity contribution in [2.24, 2.45) is 0 Å². The average molecular weight is 226 g/mol. The molecule has 0 aromatic heterocycles. The van der Waals surface area contributed by atoms with Gasteiger partial charge in [0.1, 0.15) is 6.54 Å². The SMILES string of the molecule is C#CCCCCNC(=O)NCC(=O)OCC. The molecule has 0 saturated carbocycles. The lowest BCUT2D eigenvalue weighted by Gasteiger charge is -2.06. The third kappa shape index (κ3) is 8.88. The van der Waals surface area contributed by atoms with Crippen molar-refractivity contribution in [1.82, 2.24) is 10.6 Å². The third-order valence-electron chi connectivity index (χ3n) is 1.73. The van der Waals surface area contributed by atoms with Gasteiger partial charge in [-0.05, 0) is 19.8 Å². The van der Waals surface area contributed by atoms with Crippen LogP contribution in [0.3, 0.4) is 0 Å². The maximum Gasteiger partial charge on any atom is 0.325 e. The molecule has 5 nitrogen and oxygen atoms in total. The summed E-state index contributed by atoms with van der Waals surface area (Å²) in [7, 11) is 0. The van der Waals surface area contributed by atoms with Crippen LogP contribution in [0.1, 0.15) is 26.2 Å². The molecule has 0 fully saturated rings. The van der Waals surface area contributed by atoms with Crippen LogP contribution in [0.4, 0.5) is 4.79 Å². The van der Waals surface area contributed by atoms with Gasteiger partial charge in [0.05, 0.1) is 6.61 Å². The molecule has 0 rings (SSSR count). The fourth-order valence-corrected chi connectivity index (χ4v) is 0.981. The molecule has 0 aliphatic rings. The van der Waals surface area contributed by atoms with Gasteiger partial charge in [-0.3, -0.25) is 4.79 Å². The van der Waals surface area contributed by atoms with Gasteiger partial charge >= 0.3 is 12.0 Å².